The first-order valence-electron chi connectivity index (χ1n) is 10.3. The first-order valence-corrected chi connectivity index (χ1v) is 10.3. The summed E-state index contributed by atoms with van der Waals surface area (Å²) in [6.45, 7) is 8.88. The van der Waals surface area contributed by atoms with E-state index in [0.29, 0.717) is 48.7 Å². The number of amides is 1. The van der Waals surface area contributed by atoms with Gasteiger partial charge in [-0.05, 0) is 24.6 Å². The predicted octanol–water partition coefficient (Wildman–Crippen LogP) is 4.20. The van der Waals surface area contributed by atoms with E-state index in [1.54, 1.807) is 12.3 Å². The summed E-state index contributed by atoms with van der Waals surface area (Å²) in [4.78, 5) is 20.8. The molecule has 0 bridgehead atoms. The Kier molecular flexibility index (Phi) is 7.23. The summed E-state index contributed by atoms with van der Waals surface area (Å²) in [5.41, 5.74) is 0.685. The van der Waals surface area contributed by atoms with Gasteiger partial charge in [-0.3, -0.25) is 4.79 Å². The van der Waals surface area contributed by atoms with Crippen molar-refractivity contribution in [3.05, 3.63) is 59.9 Å². The summed E-state index contributed by atoms with van der Waals surface area (Å²) in [7, 11) is 0. The number of pyridine rings is 1. The zero-order valence-electron chi connectivity index (χ0n) is 18.3. The molecular weight excluding hydrogens is 396 g/mol. The number of rotatable bonds is 9. The zero-order valence-corrected chi connectivity index (χ0v) is 18.3. The molecule has 0 fully saturated rings. The molecule has 1 amide bonds. The van der Waals surface area contributed by atoms with Crippen molar-refractivity contribution >= 4 is 5.91 Å². The van der Waals surface area contributed by atoms with Gasteiger partial charge < -0.3 is 19.3 Å². The Hall–Kier alpha value is -3.42. The molecule has 1 aromatic carbocycles. The van der Waals surface area contributed by atoms with Crippen LogP contribution in [0.2, 0.25) is 0 Å². The summed E-state index contributed by atoms with van der Waals surface area (Å²) < 4.78 is 16.6. The van der Waals surface area contributed by atoms with Crippen molar-refractivity contribution in [1.29, 1.82) is 0 Å². The number of aromatic nitrogens is 3. The van der Waals surface area contributed by atoms with Gasteiger partial charge in [0.15, 0.2) is 17.3 Å². The van der Waals surface area contributed by atoms with Crippen molar-refractivity contribution in [1.82, 2.24) is 20.4 Å². The summed E-state index contributed by atoms with van der Waals surface area (Å²) in [6, 6.07) is 11.1. The fourth-order valence-corrected chi connectivity index (χ4v) is 2.67. The van der Waals surface area contributed by atoms with Gasteiger partial charge in [0, 0.05) is 37.1 Å². The quantitative estimate of drug-likeness (QED) is 0.549. The predicted molar refractivity (Wildman–Crippen MR) is 115 cm³/mol. The second kappa shape index (κ2) is 10.1. The fourth-order valence-electron chi connectivity index (χ4n) is 2.67. The number of hydrogen-bond acceptors (Lipinski definition) is 7. The van der Waals surface area contributed by atoms with Gasteiger partial charge in [0.05, 0.1) is 6.61 Å². The van der Waals surface area contributed by atoms with Crippen LogP contribution in [0.4, 0.5) is 0 Å². The number of ether oxygens (including phenoxy) is 2. The van der Waals surface area contributed by atoms with Gasteiger partial charge >= 0.3 is 0 Å². The van der Waals surface area contributed by atoms with E-state index in [0.717, 1.165) is 5.56 Å². The van der Waals surface area contributed by atoms with E-state index < -0.39 is 0 Å². The lowest BCUT2D eigenvalue weighted by Gasteiger charge is -2.11. The highest BCUT2D eigenvalue weighted by atomic mass is 16.5. The minimum atomic E-state index is -0.183. The average Bonchev–Trinajstić information content (AvgIpc) is 3.23. The third-order valence-electron chi connectivity index (χ3n) is 4.36. The standard InChI is InChI=1S/C23H28N4O4/c1-5-29-17-8-6-7-9-18(17)30-20-12-10-16(15-25-20)14-24-19(28)11-13-21-26-22(27-31-21)23(2,3)4/h6-10,12,15H,5,11,13-14H2,1-4H3,(H,24,28). The van der Waals surface area contributed by atoms with Crippen LogP contribution in [0.3, 0.4) is 0 Å². The van der Waals surface area contributed by atoms with E-state index in [2.05, 4.69) is 20.4 Å². The third-order valence-corrected chi connectivity index (χ3v) is 4.36. The van der Waals surface area contributed by atoms with E-state index in [4.69, 9.17) is 14.0 Å². The normalized spacial score (nSPS) is 11.2. The van der Waals surface area contributed by atoms with E-state index >= 15 is 0 Å². The van der Waals surface area contributed by atoms with Crippen molar-refractivity contribution in [3.63, 3.8) is 0 Å². The zero-order chi connectivity index (χ0) is 22.3. The summed E-state index contributed by atoms with van der Waals surface area (Å²) in [5, 5.41) is 6.84. The molecule has 0 atom stereocenters. The number of aryl methyl sites for hydroxylation is 1. The molecule has 8 heteroatoms. The van der Waals surface area contributed by atoms with Crippen molar-refractivity contribution < 1.29 is 18.8 Å². The van der Waals surface area contributed by atoms with Gasteiger partial charge in [-0.1, -0.05) is 44.1 Å². The van der Waals surface area contributed by atoms with Gasteiger partial charge in [0.25, 0.3) is 0 Å². The molecule has 0 saturated carbocycles. The largest absolute Gasteiger partial charge is 0.490 e. The number of nitrogens with one attached hydrogen (secondary N) is 1. The maximum Gasteiger partial charge on any atom is 0.227 e. The number of hydrogen-bond donors (Lipinski definition) is 1. The summed E-state index contributed by atoms with van der Waals surface area (Å²) in [5.74, 6) is 2.73. The second-order valence-electron chi connectivity index (χ2n) is 8.02. The number of benzene rings is 1. The van der Waals surface area contributed by atoms with E-state index in [-0.39, 0.29) is 17.7 Å². The molecule has 0 unspecified atom stereocenters. The van der Waals surface area contributed by atoms with Gasteiger partial charge in [-0.25, -0.2) is 4.98 Å². The molecular formula is C23H28N4O4. The lowest BCUT2D eigenvalue weighted by molar-refractivity contribution is -0.121. The number of nitrogens with zero attached hydrogens (tertiary/aromatic N) is 3. The topological polar surface area (TPSA) is 99.4 Å². The van der Waals surface area contributed by atoms with Crippen LogP contribution in [0, 0.1) is 0 Å². The highest BCUT2D eigenvalue weighted by molar-refractivity contribution is 5.76. The lowest BCUT2D eigenvalue weighted by atomic mass is 9.96. The first kappa shape index (κ1) is 22.3. The Morgan fingerprint density at radius 1 is 1.13 bits per heavy atom. The van der Waals surface area contributed by atoms with Gasteiger partial charge in [0.2, 0.25) is 17.7 Å². The molecule has 3 aromatic rings. The highest BCUT2D eigenvalue weighted by Gasteiger charge is 2.21. The van der Waals surface area contributed by atoms with Crippen molar-refractivity contribution in [2.24, 2.45) is 0 Å². The van der Waals surface area contributed by atoms with Crippen molar-refractivity contribution in [2.75, 3.05) is 6.61 Å². The minimum absolute atomic E-state index is 0.0959. The number of carbonyl (C=O) groups excluding carboxylic acids is 1. The average molecular weight is 425 g/mol. The number of carbonyl (C=O) groups is 1. The molecule has 0 aliphatic rings. The lowest BCUT2D eigenvalue weighted by Crippen LogP contribution is -2.23. The number of para-hydroxylation sites is 2. The van der Waals surface area contributed by atoms with Crippen LogP contribution in [-0.4, -0.2) is 27.6 Å². The highest BCUT2D eigenvalue weighted by Crippen LogP contribution is 2.30. The monoisotopic (exact) mass is 424 g/mol. The van der Waals surface area contributed by atoms with Crippen LogP contribution in [0.15, 0.2) is 47.1 Å². The molecule has 0 spiro atoms. The molecule has 0 saturated heterocycles. The maximum absolute atomic E-state index is 12.1. The van der Waals surface area contributed by atoms with Crippen LogP contribution >= 0.6 is 0 Å². The molecule has 3 rings (SSSR count). The SMILES string of the molecule is CCOc1ccccc1Oc1ccc(CNC(=O)CCc2nc(C(C)(C)C)no2)cn1. The van der Waals surface area contributed by atoms with Crippen LogP contribution in [0.1, 0.15) is 51.4 Å². The summed E-state index contributed by atoms with van der Waals surface area (Å²) in [6.07, 6.45) is 2.35. The first-order chi connectivity index (χ1) is 14.8. The fraction of sp³-hybridized carbons (Fsp3) is 0.391. The van der Waals surface area contributed by atoms with Crippen LogP contribution in [0.25, 0.3) is 0 Å². The minimum Gasteiger partial charge on any atom is -0.490 e. The van der Waals surface area contributed by atoms with Crippen molar-refractivity contribution in [3.8, 4) is 17.4 Å². The summed E-state index contributed by atoms with van der Waals surface area (Å²) >= 11 is 0. The van der Waals surface area contributed by atoms with Crippen LogP contribution < -0.4 is 14.8 Å². The Bertz CT molecular complexity index is 993. The van der Waals surface area contributed by atoms with Gasteiger partial charge in [0.1, 0.15) is 0 Å². The molecule has 0 radical (unpaired) electrons. The molecule has 0 aliphatic heterocycles. The Labute approximate surface area is 182 Å². The molecule has 2 heterocycles. The molecule has 1 N–H and O–H groups in total. The van der Waals surface area contributed by atoms with Crippen LogP contribution in [0.5, 0.6) is 17.4 Å². The van der Waals surface area contributed by atoms with Crippen molar-refractivity contribution in [2.45, 2.75) is 52.5 Å². The molecule has 0 aliphatic carbocycles. The van der Waals surface area contributed by atoms with E-state index in [1.165, 1.54) is 0 Å². The maximum atomic E-state index is 12.1. The van der Waals surface area contributed by atoms with E-state index in [9.17, 15) is 4.79 Å². The molecule has 31 heavy (non-hydrogen) atoms. The van der Waals surface area contributed by atoms with Gasteiger partial charge in [-0.15, -0.1) is 0 Å². The second-order valence-corrected chi connectivity index (χ2v) is 8.02. The third kappa shape index (κ3) is 6.53. The molecule has 2 aromatic heterocycles. The smallest absolute Gasteiger partial charge is 0.227 e. The Balaban J connectivity index is 1.47. The molecule has 8 nitrogen and oxygen atoms in total. The Morgan fingerprint density at radius 3 is 2.55 bits per heavy atom. The van der Waals surface area contributed by atoms with E-state index in [1.807, 2.05) is 58.0 Å². The van der Waals surface area contributed by atoms with Crippen LogP contribution in [-0.2, 0) is 23.2 Å². The van der Waals surface area contributed by atoms with Gasteiger partial charge in [-0.2, -0.15) is 4.98 Å². The molecule has 164 valence electrons. The Morgan fingerprint density at radius 2 is 1.90 bits per heavy atom.